The lowest BCUT2D eigenvalue weighted by molar-refractivity contribution is -0.0315. The standard InChI is InChI=1S/C12H18N2O2/c1-9-3-4-11(15)10(14-9)7-13-8-12(16)5-2-6-12/h3-4,13,15-16H,2,5-8H2,1H3. The molecule has 1 aliphatic rings. The van der Waals surface area contributed by atoms with Gasteiger partial charge >= 0.3 is 0 Å². The second kappa shape index (κ2) is 4.39. The molecule has 0 spiro atoms. The molecule has 1 aromatic heterocycles. The van der Waals surface area contributed by atoms with Crippen LogP contribution in [0.1, 0.15) is 30.7 Å². The van der Waals surface area contributed by atoms with Crippen molar-refractivity contribution < 1.29 is 10.2 Å². The summed E-state index contributed by atoms with van der Waals surface area (Å²) in [5.74, 6) is 0.207. The third kappa shape index (κ3) is 2.51. The molecule has 1 aromatic rings. The van der Waals surface area contributed by atoms with Crippen molar-refractivity contribution >= 4 is 0 Å². The molecule has 0 saturated heterocycles. The monoisotopic (exact) mass is 222 g/mol. The van der Waals surface area contributed by atoms with Crippen LogP contribution in [0.3, 0.4) is 0 Å². The minimum atomic E-state index is -0.528. The molecule has 0 unspecified atom stereocenters. The Bertz CT molecular complexity index is 375. The maximum atomic E-state index is 9.87. The largest absolute Gasteiger partial charge is 0.506 e. The maximum absolute atomic E-state index is 9.87. The Morgan fingerprint density at radius 1 is 1.44 bits per heavy atom. The third-order valence-corrected chi connectivity index (χ3v) is 3.12. The number of aromatic hydroxyl groups is 1. The van der Waals surface area contributed by atoms with Gasteiger partial charge in [0, 0.05) is 18.8 Å². The van der Waals surface area contributed by atoms with Crippen LogP contribution in [0.15, 0.2) is 12.1 Å². The van der Waals surface area contributed by atoms with Gasteiger partial charge in [-0.05, 0) is 38.3 Å². The first-order chi connectivity index (χ1) is 7.59. The lowest BCUT2D eigenvalue weighted by atomic mass is 9.80. The summed E-state index contributed by atoms with van der Waals surface area (Å²) >= 11 is 0. The van der Waals surface area contributed by atoms with E-state index in [4.69, 9.17) is 0 Å². The number of aromatic nitrogens is 1. The molecule has 1 aliphatic carbocycles. The molecule has 1 saturated carbocycles. The summed E-state index contributed by atoms with van der Waals surface area (Å²) in [5, 5.41) is 22.6. The fourth-order valence-corrected chi connectivity index (χ4v) is 1.91. The lowest BCUT2D eigenvalue weighted by Crippen LogP contribution is -2.46. The van der Waals surface area contributed by atoms with Crippen molar-refractivity contribution in [3.8, 4) is 5.75 Å². The predicted molar refractivity (Wildman–Crippen MR) is 61.1 cm³/mol. The number of nitrogens with one attached hydrogen (secondary N) is 1. The van der Waals surface area contributed by atoms with Crippen LogP contribution in [0.2, 0.25) is 0 Å². The first-order valence-electron chi connectivity index (χ1n) is 5.68. The summed E-state index contributed by atoms with van der Waals surface area (Å²) in [6.07, 6.45) is 2.84. The van der Waals surface area contributed by atoms with Gasteiger partial charge in [-0.3, -0.25) is 4.98 Å². The van der Waals surface area contributed by atoms with Crippen molar-refractivity contribution in [2.45, 2.75) is 38.3 Å². The summed E-state index contributed by atoms with van der Waals surface area (Å²) in [7, 11) is 0. The van der Waals surface area contributed by atoms with Crippen molar-refractivity contribution in [3.05, 3.63) is 23.5 Å². The minimum Gasteiger partial charge on any atom is -0.506 e. The molecule has 1 fully saturated rings. The molecule has 3 N–H and O–H groups in total. The Morgan fingerprint density at radius 3 is 2.81 bits per heavy atom. The van der Waals surface area contributed by atoms with Crippen LogP contribution in [0.25, 0.3) is 0 Å². The molecule has 0 amide bonds. The molecule has 4 nitrogen and oxygen atoms in total. The topological polar surface area (TPSA) is 65.4 Å². The first-order valence-corrected chi connectivity index (χ1v) is 5.68. The SMILES string of the molecule is Cc1ccc(O)c(CNCC2(O)CCC2)n1. The summed E-state index contributed by atoms with van der Waals surface area (Å²) in [4.78, 5) is 4.24. The Morgan fingerprint density at radius 2 is 2.19 bits per heavy atom. The molecule has 16 heavy (non-hydrogen) atoms. The zero-order chi connectivity index (χ0) is 11.6. The van der Waals surface area contributed by atoms with E-state index in [-0.39, 0.29) is 5.75 Å². The van der Waals surface area contributed by atoms with Gasteiger partial charge in [0.25, 0.3) is 0 Å². The van der Waals surface area contributed by atoms with Crippen LogP contribution in [0.5, 0.6) is 5.75 Å². The summed E-state index contributed by atoms with van der Waals surface area (Å²) in [6.45, 7) is 2.96. The van der Waals surface area contributed by atoms with Gasteiger partial charge in [0.15, 0.2) is 0 Å². The zero-order valence-electron chi connectivity index (χ0n) is 9.53. The maximum Gasteiger partial charge on any atom is 0.138 e. The fraction of sp³-hybridized carbons (Fsp3) is 0.583. The van der Waals surface area contributed by atoms with Gasteiger partial charge in [-0.1, -0.05) is 0 Å². The van der Waals surface area contributed by atoms with E-state index in [1.807, 2.05) is 6.92 Å². The molecule has 2 rings (SSSR count). The molecule has 4 heteroatoms. The predicted octanol–water partition coefficient (Wildman–Crippen LogP) is 1.10. The average Bonchev–Trinajstić information content (AvgIpc) is 2.21. The van der Waals surface area contributed by atoms with Crippen LogP contribution in [0, 0.1) is 6.92 Å². The normalized spacial score (nSPS) is 18.1. The van der Waals surface area contributed by atoms with Gasteiger partial charge in [-0.2, -0.15) is 0 Å². The molecule has 88 valence electrons. The third-order valence-electron chi connectivity index (χ3n) is 3.12. The second-order valence-electron chi connectivity index (χ2n) is 4.60. The number of rotatable bonds is 4. The molecule has 1 heterocycles. The van der Waals surface area contributed by atoms with E-state index in [0.717, 1.165) is 25.0 Å². The van der Waals surface area contributed by atoms with E-state index in [9.17, 15) is 10.2 Å². The quantitative estimate of drug-likeness (QED) is 0.713. The summed E-state index contributed by atoms with van der Waals surface area (Å²) in [5.41, 5.74) is 0.999. The van der Waals surface area contributed by atoms with Crippen LogP contribution >= 0.6 is 0 Å². The minimum absolute atomic E-state index is 0.207. The highest BCUT2D eigenvalue weighted by molar-refractivity contribution is 5.27. The second-order valence-corrected chi connectivity index (χ2v) is 4.60. The van der Waals surface area contributed by atoms with Crippen molar-refractivity contribution in [3.63, 3.8) is 0 Å². The van der Waals surface area contributed by atoms with Gasteiger partial charge in [0.1, 0.15) is 5.75 Å². The first kappa shape index (κ1) is 11.4. The number of hydrogen-bond acceptors (Lipinski definition) is 4. The molecule has 0 atom stereocenters. The van der Waals surface area contributed by atoms with Crippen LogP contribution < -0.4 is 5.32 Å². The van der Waals surface area contributed by atoms with E-state index >= 15 is 0 Å². The highest BCUT2D eigenvalue weighted by Crippen LogP contribution is 2.30. The zero-order valence-corrected chi connectivity index (χ0v) is 9.53. The number of aryl methyl sites for hydroxylation is 1. The highest BCUT2D eigenvalue weighted by atomic mass is 16.3. The van der Waals surface area contributed by atoms with Gasteiger partial charge in [-0.15, -0.1) is 0 Å². The van der Waals surface area contributed by atoms with E-state index in [1.165, 1.54) is 0 Å². The Hall–Kier alpha value is -1.13. The molecule has 0 bridgehead atoms. The van der Waals surface area contributed by atoms with Gasteiger partial charge < -0.3 is 15.5 Å². The van der Waals surface area contributed by atoms with E-state index in [1.54, 1.807) is 12.1 Å². The number of aliphatic hydroxyl groups is 1. The van der Waals surface area contributed by atoms with Gasteiger partial charge in [-0.25, -0.2) is 0 Å². The number of hydrogen-bond donors (Lipinski definition) is 3. The van der Waals surface area contributed by atoms with Crippen LogP contribution in [-0.4, -0.2) is 27.3 Å². The Balaban J connectivity index is 1.87. The smallest absolute Gasteiger partial charge is 0.138 e. The molecular weight excluding hydrogens is 204 g/mol. The van der Waals surface area contributed by atoms with E-state index in [2.05, 4.69) is 10.3 Å². The fourth-order valence-electron chi connectivity index (χ4n) is 1.91. The summed E-state index contributed by atoms with van der Waals surface area (Å²) in [6, 6.07) is 3.43. The molecule has 0 aliphatic heterocycles. The average molecular weight is 222 g/mol. The lowest BCUT2D eigenvalue weighted by Gasteiger charge is -2.36. The summed E-state index contributed by atoms with van der Waals surface area (Å²) < 4.78 is 0. The van der Waals surface area contributed by atoms with Crippen molar-refractivity contribution in [1.82, 2.24) is 10.3 Å². The Kier molecular flexibility index (Phi) is 3.12. The molecule has 0 radical (unpaired) electrons. The van der Waals surface area contributed by atoms with Crippen molar-refractivity contribution in [1.29, 1.82) is 0 Å². The van der Waals surface area contributed by atoms with Gasteiger partial charge in [0.05, 0.1) is 11.3 Å². The molecule has 0 aromatic carbocycles. The number of pyridine rings is 1. The van der Waals surface area contributed by atoms with Crippen molar-refractivity contribution in [2.75, 3.05) is 6.54 Å². The number of nitrogens with zero attached hydrogens (tertiary/aromatic N) is 1. The van der Waals surface area contributed by atoms with Crippen LogP contribution in [-0.2, 0) is 6.54 Å². The van der Waals surface area contributed by atoms with Gasteiger partial charge in [0.2, 0.25) is 0 Å². The Labute approximate surface area is 95.3 Å². The van der Waals surface area contributed by atoms with Crippen LogP contribution in [0.4, 0.5) is 0 Å². The molecular formula is C12H18N2O2. The highest BCUT2D eigenvalue weighted by Gasteiger charge is 2.33. The van der Waals surface area contributed by atoms with E-state index in [0.29, 0.717) is 18.8 Å². The van der Waals surface area contributed by atoms with Crippen molar-refractivity contribution in [2.24, 2.45) is 0 Å². The van der Waals surface area contributed by atoms with E-state index < -0.39 is 5.60 Å².